The van der Waals surface area contributed by atoms with Gasteiger partial charge >= 0.3 is 0 Å². The molecular formula is C30H44N2O4S. The lowest BCUT2D eigenvalue weighted by Gasteiger charge is -2.13. The van der Waals surface area contributed by atoms with E-state index in [0.29, 0.717) is 42.7 Å². The fraction of sp³-hybridized carbons (Fsp3) is 0.533. The topological polar surface area (TPSA) is 82.8 Å². The van der Waals surface area contributed by atoms with Crippen molar-refractivity contribution in [1.82, 2.24) is 5.32 Å². The molecule has 2 aromatic carbocycles. The fourth-order valence-electron chi connectivity index (χ4n) is 3.89. The van der Waals surface area contributed by atoms with Gasteiger partial charge in [-0.15, -0.1) is 0 Å². The van der Waals surface area contributed by atoms with Crippen LogP contribution in [0, 0.1) is 5.92 Å². The number of benzene rings is 2. The zero-order valence-corrected chi connectivity index (χ0v) is 23.5. The first-order valence-electron chi connectivity index (χ1n) is 13.5. The molecule has 2 rings (SSSR count). The van der Waals surface area contributed by atoms with E-state index in [0.717, 1.165) is 54.9 Å². The first kappa shape index (κ1) is 30.4. The molecule has 0 unspecified atom stereocenters. The minimum Gasteiger partial charge on any atom is -0.494 e. The van der Waals surface area contributed by atoms with Gasteiger partial charge in [0.25, 0.3) is 0 Å². The Kier molecular flexibility index (Phi) is 14.5. The van der Waals surface area contributed by atoms with E-state index in [1.165, 1.54) is 19.3 Å². The van der Waals surface area contributed by atoms with Gasteiger partial charge in [-0.3, -0.25) is 4.79 Å². The van der Waals surface area contributed by atoms with Gasteiger partial charge in [-0.2, -0.15) is 0 Å². The van der Waals surface area contributed by atoms with Gasteiger partial charge < -0.3 is 25.3 Å². The van der Waals surface area contributed by atoms with Crippen molar-refractivity contribution in [3.05, 3.63) is 53.6 Å². The van der Waals surface area contributed by atoms with Crippen molar-refractivity contribution in [2.24, 2.45) is 11.7 Å². The quantitative estimate of drug-likeness (QED) is 0.158. The third-order valence-electron chi connectivity index (χ3n) is 6.11. The number of unbranched alkanes of at least 4 members (excludes halogenated alkanes) is 5. The van der Waals surface area contributed by atoms with Crippen molar-refractivity contribution in [3.63, 3.8) is 0 Å². The van der Waals surface area contributed by atoms with Crippen LogP contribution in [0.15, 0.2) is 42.5 Å². The molecule has 0 aliphatic heterocycles. The number of rotatable bonds is 19. The van der Waals surface area contributed by atoms with Gasteiger partial charge in [-0.1, -0.05) is 57.8 Å². The van der Waals surface area contributed by atoms with Crippen LogP contribution in [-0.4, -0.2) is 31.2 Å². The van der Waals surface area contributed by atoms with Crippen LogP contribution < -0.4 is 25.3 Å². The highest BCUT2D eigenvalue weighted by atomic mass is 32.1. The lowest BCUT2D eigenvalue weighted by molar-refractivity contribution is -0.121. The second-order valence-electron chi connectivity index (χ2n) is 9.75. The highest BCUT2D eigenvalue weighted by Crippen LogP contribution is 2.28. The van der Waals surface area contributed by atoms with Crippen molar-refractivity contribution >= 4 is 23.1 Å². The molecule has 2 aromatic rings. The highest BCUT2D eigenvalue weighted by Gasteiger charge is 2.08. The molecule has 0 heterocycles. The van der Waals surface area contributed by atoms with Crippen molar-refractivity contribution in [2.45, 2.75) is 78.2 Å². The van der Waals surface area contributed by atoms with Gasteiger partial charge in [-0.25, -0.2) is 0 Å². The van der Waals surface area contributed by atoms with Crippen LogP contribution in [0.5, 0.6) is 17.2 Å². The van der Waals surface area contributed by atoms with Gasteiger partial charge in [0.2, 0.25) is 5.91 Å². The predicted octanol–water partition coefficient (Wildman–Crippen LogP) is 6.57. The molecule has 0 aliphatic carbocycles. The molecule has 0 saturated heterocycles. The van der Waals surface area contributed by atoms with E-state index in [-0.39, 0.29) is 5.91 Å². The van der Waals surface area contributed by atoms with E-state index in [1.54, 1.807) is 7.11 Å². The molecule has 0 fully saturated rings. The molecule has 3 N–H and O–H groups in total. The number of hydrogen-bond acceptors (Lipinski definition) is 5. The van der Waals surface area contributed by atoms with Crippen LogP contribution in [0.4, 0.5) is 0 Å². The van der Waals surface area contributed by atoms with E-state index in [2.05, 4.69) is 19.2 Å². The Balaban J connectivity index is 1.60. The lowest BCUT2D eigenvalue weighted by atomic mass is 10.0. The number of hydrogen-bond donors (Lipinski definition) is 2. The molecule has 0 saturated carbocycles. The van der Waals surface area contributed by atoms with Gasteiger partial charge in [0.15, 0.2) is 11.5 Å². The molecular weight excluding hydrogens is 484 g/mol. The number of nitrogens with two attached hydrogens (primary N) is 1. The van der Waals surface area contributed by atoms with Gasteiger partial charge in [0.1, 0.15) is 10.7 Å². The largest absolute Gasteiger partial charge is 0.494 e. The summed E-state index contributed by atoms with van der Waals surface area (Å²) < 4.78 is 17.2. The maximum Gasteiger partial charge on any atom is 0.220 e. The number of carbonyl (C=O) groups is 1. The maximum absolute atomic E-state index is 12.2. The van der Waals surface area contributed by atoms with E-state index >= 15 is 0 Å². The molecule has 0 radical (unpaired) electrons. The summed E-state index contributed by atoms with van der Waals surface area (Å²) in [6.45, 7) is 6.25. The van der Waals surface area contributed by atoms with E-state index in [1.807, 2.05) is 42.5 Å². The first-order chi connectivity index (χ1) is 17.9. The van der Waals surface area contributed by atoms with Crippen LogP contribution in [0.1, 0.15) is 82.8 Å². The van der Waals surface area contributed by atoms with Gasteiger partial charge in [0.05, 0.1) is 20.3 Å². The van der Waals surface area contributed by atoms with Crippen molar-refractivity contribution in [1.29, 1.82) is 0 Å². The Morgan fingerprint density at radius 2 is 1.57 bits per heavy atom. The number of ether oxygens (including phenoxy) is 3. The molecule has 0 aromatic heterocycles. The van der Waals surface area contributed by atoms with Gasteiger partial charge in [-0.05, 0) is 73.6 Å². The summed E-state index contributed by atoms with van der Waals surface area (Å²) >= 11 is 4.96. The molecule has 0 aliphatic rings. The molecule has 1 amide bonds. The number of methoxy groups -OCH3 is 1. The van der Waals surface area contributed by atoms with Crippen molar-refractivity contribution in [3.8, 4) is 17.2 Å². The maximum atomic E-state index is 12.2. The monoisotopic (exact) mass is 528 g/mol. The second kappa shape index (κ2) is 17.6. The third kappa shape index (κ3) is 12.8. The molecule has 7 heteroatoms. The molecule has 0 atom stereocenters. The summed E-state index contributed by atoms with van der Waals surface area (Å²) in [5, 5.41) is 3.01. The Morgan fingerprint density at radius 3 is 2.24 bits per heavy atom. The van der Waals surface area contributed by atoms with Crippen LogP contribution in [0.25, 0.3) is 0 Å². The van der Waals surface area contributed by atoms with Crippen molar-refractivity contribution in [2.75, 3.05) is 20.3 Å². The summed E-state index contributed by atoms with van der Waals surface area (Å²) in [5.74, 6) is 3.07. The van der Waals surface area contributed by atoms with Gasteiger partial charge in [0, 0.05) is 18.5 Å². The average molecular weight is 529 g/mol. The summed E-state index contributed by atoms with van der Waals surface area (Å²) in [4.78, 5) is 12.5. The standard InChI is InChI=1S/C30H44N2O4S/c1-23(2)11-7-4-5-8-12-29(33)32-22-24-13-18-27(28(21-24)34-3)36-20-10-6-9-19-35-26-16-14-25(15-17-26)30(31)37/h13-18,21,23H,4-12,19-20,22H2,1-3H3,(H2,31,37)(H,32,33). The lowest BCUT2D eigenvalue weighted by Crippen LogP contribution is -2.22. The summed E-state index contributed by atoms with van der Waals surface area (Å²) in [7, 11) is 1.63. The number of thiocarbonyl (C=S) groups is 1. The molecule has 37 heavy (non-hydrogen) atoms. The first-order valence-corrected chi connectivity index (χ1v) is 13.9. The van der Waals surface area contributed by atoms with Crippen LogP contribution >= 0.6 is 12.2 Å². The zero-order chi connectivity index (χ0) is 26.9. The van der Waals surface area contributed by atoms with E-state index in [9.17, 15) is 4.79 Å². The molecule has 0 bridgehead atoms. The average Bonchev–Trinajstić information content (AvgIpc) is 2.89. The van der Waals surface area contributed by atoms with E-state index in [4.69, 9.17) is 32.2 Å². The summed E-state index contributed by atoms with van der Waals surface area (Å²) in [6.07, 6.45) is 9.23. The Labute approximate surface area is 228 Å². The minimum absolute atomic E-state index is 0.101. The van der Waals surface area contributed by atoms with Crippen LogP contribution in [0.3, 0.4) is 0 Å². The minimum atomic E-state index is 0.101. The summed E-state index contributed by atoms with van der Waals surface area (Å²) in [5.41, 5.74) is 7.44. The molecule has 204 valence electrons. The Morgan fingerprint density at radius 1 is 0.892 bits per heavy atom. The second-order valence-corrected chi connectivity index (χ2v) is 10.2. The number of nitrogens with one attached hydrogen (secondary N) is 1. The van der Waals surface area contributed by atoms with E-state index < -0.39 is 0 Å². The van der Waals surface area contributed by atoms with Crippen LogP contribution in [-0.2, 0) is 11.3 Å². The smallest absolute Gasteiger partial charge is 0.220 e. The Bertz CT molecular complexity index is 947. The number of amides is 1. The number of carbonyl (C=O) groups excluding carboxylic acids is 1. The highest BCUT2D eigenvalue weighted by molar-refractivity contribution is 7.80. The zero-order valence-electron chi connectivity index (χ0n) is 22.7. The SMILES string of the molecule is COc1cc(CNC(=O)CCCCCCC(C)C)ccc1OCCCCCOc1ccc(C(N)=S)cc1. The fourth-order valence-corrected chi connectivity index (χ4v) is 4.03. The summed E-state index contributed by atoms with van der Waals surface area (Å²) in [6, 6.07) is 13.3. The normalized spacial score (nSPS) is 10.8. The van der Waals surface area contributed by atoms with Crippen molar-refractivity contribution < 1.29 is 19.0 Å². The molecule has 6 nitrogen and oxygen atoms in total. The van der Waals surface area contributed by atoms with Crippen LogP contribution in [0.2, 0.25) is 0 Å². The Hall–Kier alpha value is -2.80. The molecule has 0 spiro atoms. The third-order valence-corrected chi connectivity index (χ3v) is 6.34. The predicted molar refractivity (Wildman–Crippen MR) is 155 cm³/mol.